The Morgan fingerprint density at radius 1 is 1.14 bits per heavy atom. The molecular weight excluding hydrogens is 476 g/mol. The number of fused-ring (bicyclic) bond motifs is 2. The fraction of sp³-hybridized carbons (Fsp3) is 0.536. The average Bonchev–Trinajstić information content (AvgIpc) is 3.24. The molecule has 4 aliphatic rings. The van der Waals surface area contributed by atoms with Crippen molar-refractivity contribution in [3.05, 3.63) is 60.2 Å². The van der Waals surface area contributed by atoms with E-state index in [9.17, 15) is 19.5 Å². The largest absolute Gasteiger partial charge is 0.465 e. The van der Waals surface area contributed by atoms with Crippen LogP contribution in [0.2, 0.25) is 0 Å². The first-order valence-corrected chi connectivity index (χ1v) is 13.7. The minimum atomic E-state index is -0.896. The second-order valence-corrected chi connectivity index (χ2v) is 12.0. The second-order valence-electron chi connectivity index (χ2n) is 10.5. The predicted octanol–water partition coefficient (Wildman–Crippen LogP) is 2.79. The Balaban J connectivity index is 1.60. The van der Waals surface area contributed by atoms with Crippen molar-refractivity contribution in [2.75, 3.05) is 19.8 Å². The number of thioether (sulfide) groups is 1. The molecule has 1 unspecified atom stereocenters. The predicted molar refractivity (Wildman–Crippen MR) is 138 cm³/mol. The zero-order chi connectivity index (χ0) is 25.4. The van der Waals surface area contributed by atoms with Crippen molar-refractivity contribution >= 4 is 29.5 Å². The molecule has 2 amide bonds. The summed E-state index contributed by atoms with van der Waals surface area (Å²) in [6.07, 6.45) is 9.20. The van der Waals surface area contributed by atoms with E-state index in [0.29, 0.717) is 25.9 Å². The van der Waals surface area contributed by atoms with Crippen molar-refractivity contribution in [3.8, 4) is 0 Å². The molecule has 1 spiro atoms. The molecule has 1 aromatic rings. The Hall–Kier alpha value is -2.58. The molecule has 1 N–H and O–H groups in total. The molecule has 36 heavy (non-hydrogen) atoms. The van der Waals surface area contributed by atoms with Crippen molar-refractivity contribution in [2.45, 2.75) is 55.3 Å². The SMILES string of the molecule is CC(C)C[C@H](CO)N1C(=O)[C@@H]2[C@@H]3C(=O)OCCC=C[C@@H]3S[C@@]23C=CCN(Cc2ccccc2)C(=O)C13. The number of aliphatic hydroxyl groups excluding tert-OH is 1. The number of amides is 2. The number of carbonyl (C=O) groups excluding carboxylic acids is 3. The molecule has 0 aromatic heterocycles. The van der Waals surface area contributed by atoms with E-state index in [1.54, 1.807) is 9.80 Å². The summed E-state index contributed by atoms with van der Waals surface area (Å²) in [5.41, 5.74) is 1.01. The molecule has 6 atom stereocenters. The van der Waals surface area contributed by atoms with Gasteiger partial charge in [-0.15, -0.1) is 11.8 Å². The molecule has 2 fully saturated rings. The molecule has 7 nitrogen and oxygen atoms in total. The van der Waals surface area contributed by atoms with Gasteiger partial charge in [0.05, 0.1) is 35.8 Å². The maximum Gasteiger partial charge on any atom is 0.311 e. The van der Waals surface area contributed by atoms with Crippen LogP contribution >= 0.6 is 11.8 Å². The number of benzene rings is 1. The van der Waals surface area contributed by atoms with Crippen molar-refractivity contribution < 1.29 is 24.2 Å². The van der Waals surface area contributed by atoms with Gasteiger partial charge in [0.25, 0.3) is 0 Å². The molecule has 5 rings (SSSR count). The van der Waals surface area contributed by atoms with E-state index in [4.69, 9.17) is 4.74 Å². The quantitative estimate of drug-likeness (QED) is 0.468. The first-order valence-electron chi connectivity index (χ1n) is 12.8. The van der Waals surface area contributed by atoms with Gasteiger partial charge in [0.1, 0.15) is 6.04 Å². The molecule has 4 heterocycles. The number of cyclic esters (lactones) is 1. The Kier molecular flexibility index (Phi) is 7.01. The van der Waals surface area contributed by atoms with Crippen LogP contribution in [0.5, 0.6) is 0 Å². The summed E-state index contributed by atoms with van der Waals surface area (Å²) < 4.78 is 4.64. The Bertz CT molecular complexity index is 1070. The van der Waals surface area contributed by atoms with Gasteiger partial charge in [-0.1, -0.05) is 68.5 Å². The summed E-state index contributed by atoms with van der Waals surface area (Å²) >= 11 is 1.54. The molecular formula is C28H34N2O5S. The number of esters is 1. The molecule has 1 aromatic carbocycles. The minimum absolute atomic E-state index is 0.138. The number of nitrogens with zero attached hydrogens (tertiary/aromatic N) is 2. The Morgan fingerprint density at radius 2 is 1.92 bits per heavy atom. The lowest BCUT2D eigenvalue weighted by molar-refractivity contribution is -0.153. The smallest absolute Gasteiger partial charge is 0.311 e. The summed E-state index contributed by atoms with van der Waals surface area (Å²) in [4.78, 5) is 45.1. The van der Waals surface area contributed by atoms with Gasteiger partial charge >= 0.3 is 5.97 Å². The first kappa shape index (κ1) is 25.1. The van der Waals surface area contributed by atoms with E-state index in [0.717, 1.165) is 5.56 Å². The lowest BCUT2D eigenvalue weighted by atomic mass is 9.78. The lowest BCUT2D eigenvalue weighted by Crippen LogP contribution is -2.56. The Labute approximate surface area is 216 Å². The van der Waals surface area contributed by atoms with E-state index >= 15 is 0 Å². The van der Waals surface area contributed by atoms with Crippen LogP contribution in [-0.2, 0) is 25.7 Å². The number of carbonyl (C=O) groups is 3. The second kappa shape index (κ2) is 10.1. The molecule has 0 aliphatic carbocycles. The van der Waals surface area contributed by atoms with Crippen LogP contribution in [0.25, 0.3) is 0 Å². The van der Waals surface area contributed by atoms with Gasteiger partial charge in [0, 0.05) is 18.3 Å². The molecule has 192 valence electrons. The lowest BCUT2D eigenvalue weighted by Gasteiger charge is -2.39. The van der Waals surface area contributed by atoms with Crippen molar-refractivity contribution in [2.24, 2.45) is 17.8 Å². The molecule has 0 saturated carbocycles. The van der Waals surface area contributed by atoms with E-state index in [2.05, 4.69) is 0 Å². The summed E-state index contributed by atoms with van der Waals surface area (Å²) in [5.74, 6) is -1.90. The highest BCUT2D eigenvalue weighted by molar-refractivity contribution is 8.02. The summed E-state index contributed by atoms with van der Waals surface area (Å²) in [7, 11) is 0. The van der Waals surface area contributed by atoms with Crippen LogP contribution in [0.1, 0.15) is 32.3 Å². The highest BCUT2D eigenvalue weighted by Crippen LogP contribution is 2.61. The fourth-order valence-electron chi connectivity index (χ4n) is 6.25. The van der Waals surface area contributed by atoms with Crippen LogP contribution in [0.4, 0.5) is 0 Å². The first-order chi connectivity index (χ1) is 17.4. The van der Waals surface area contributed by atoms with Crippen molar-refractivity contribution in [3.63, 3.8) is 0 Å². The molecule has 2 saturated heterocycles. The highest BCUT2D eigenvalue weighted by atomic mass is 32.2. The molecule has 0 radical (unpaired) electrons. The minimum Gasteiger partial charge on any atom is -0.465 e. The van der Waals surface area contributed by atoms with Gasteiger partial charge < -0.3 is 19.6 Å². The normalized spacial score (nSPS) is 32.5. The van der Waals surface area contributed by atoms with E-state index in [1.807, 2.05) is 68.5 Å². The third-order valence-electron chi connectivity index (χ3n) is 7.71. The fourth-order valence-corrected chi connectivity index (χ4v) is 8.24. The van der Waals surface area contributed by atoms with E-state index < -0.39 is 28.7 Å². The topological polar surface area (TPSA) is 87.2 Å². The number of hydrogen-bond acceptors (Lipinski definition) is 6. The number of rotatable bonds is 6. The van der Waals surface area contributed by atoms with Crippen LogP contribution in [-0.4, -0.2) is 74.5 Å². The van der Waals surface area contributed by atoms with Crippen LogP contribution < -0.4 is 0 Å². The number of ether oxygens (including phenoxy) is 1. The number of likely N-dealkylation sites (tertiary alicyclic amines) is 1. The van der Waals surface area contributed by atoms with Crippen LogP contribution in [0.3, 0.4) is 0 Å². The van der Waals surface area contributed by atoms with Gasteiger partial charge in [-0.05, 0) is 24.3 Å². The zero-order valence-corrected chi connectivity index (χ0v) is 21.6. The van der Waals surface area contributed by atoms with E-state index in [-0.39, 0.29) is 42.2 Å². The summed E-state index contributed by atoms with van der Waals surface area (Å²) in [6, 6.07) is 8.51. The average molecular weight is 511 g/mol. The summed E-state index contributed by atoms with van der Waals surface area (Å²) in [5, 5.41) is 10.1. The third-order valence-corrected chi connectivity index (χ3v) is 9.45. The molecule has 0 bridgehead atoms. The number of aliphatic hydroxyl groups is 1. The van der Waals surface area contributed by atoms with Crippen molar-refractivity contribution in [1.29, 1.82) is 0 Å². The van der Waals surface area contributed by atoms with Gasteiger partial charge in [0.15, 0.2) is 0 Å². The summed E-state index contributed by atoms with van der Waals surface area (Å²) in [6.45, 7) is 4.98. The monoisotopic (exact) mass is 510 g/mol. The zero-order valence-electron chi connectivity index (χ0n) is 20.8. The van der Waals surface area contributed by atoms with Crippen molar-refractivity contribution in [1.82, 2.24) is 9.80 Å². The molecule has 4 aliphatic heterocycles. The maximum atomic E-state index is 14.3. The van der Waals surface area contributed by atoms with E-state index in [1.165, 1.54) is 11.8 Å². The standard InChI is InChI=1S/C28H34N2O5S/c1-18(2)15-20(17-31)30-24-26(33)29(16-19-9-4-3-5-10-19)13-8-12-28(24)23(25(30)32)22-21(36-28)11-6-7-14-35-27(22)34/h3-6,8-12,18,20-24,31H,7,13-17H2,1-2H3/t20-,21+,22-,23+,24?,28+/m1/s1. The number of hydrogen-bond donors (Lipinski definition) is 1. The van der Waals surface area contributed by atoms with Gasteiger partial charge in [-0.2, -0.15) is 0 Å². The Morgan fingerprint density at radius 3 is 2.64 bits per heavy atom. The van der Waals surface area contributed by atoms with Gasteiger partial charge in [0.2, 0.25) is 11.8 Å². The maximum absolute atomic E-state index is 14.3. The third kappa shape index (κ3) is 4.18. The van der Waals surface area contributed by atoms with Crippen LogP contribution in [0, 0.1) is 17.8 Å². The highest BCUT2D eigenvalue weighted by Gasteiger charge is 2.71. The van der Waals surface area contributed by atoms with Crippen LogP contribution in [0.15, 0.2) is 54.6 Å². The van der Waals surface area contributed by atoms with Gasteiger partial charge in [-0.25, -0.2) is 0 Å². The van der Waals surface area contributed by atoms with Gasteiger partial charge in [-0.3, -0.25) is 14.4 Å². The molecule has 8 heteroatoms.